The van der Waals surface area contributed by atoms with E-state index in [2.05, 4.69) is 5.32 Å². The number of halogens is 2. The highest BCUT2D eigenvalue weighted by Gasteiger charge is 1.98. The van der Waals surface area contributed by atoms with E-state index >= 15 is 0 Å². The third-order valence-electron chi connectivity index (χ3n) is 2.09. The zero-order valence-electron chi connectivity index (χ0n) is 9.84. The molecule has 1 aromatic carbocycles. The number of nitrogens with one attached hydrogen (secondary N) is 1. The van der Waals surface area contributed by atoms with Crippen molar-refractivity contribution in [3.05, 3.63) is 28.2 Å². The van der Waals surface area contributed by atoms with Gasteiger partial charge in [-0.3, -0.25) is 0 Å². The fourth-order valence-electron chi connectivity index (χ4n) is 1.32. The van der Waals surface area contributed by atoms with E-state index in [-0.39, 0.29) is 0 Å². The Labute approximate surface area is 112 Å². The van der Waals surface area contributed by atoms with E-state index in [1.54, 1.807) is 25.3 Å². The summed E-state index contributed by atoms with van der Waals surface area (Å²) in [5.74, 6) is 0.696. The van der Waals surface area contributed by atoms with Crippen molar-refractivity contribution in [1.82, 2.24) is 5.32 Å². The summed E-state index contributed by atoms with van der Waals surface area (Å²) < 4.78 is 10.5. The van der Waals surface area contributed by atoms with Crippen LogP contribution >= 0.6 is 23.2 Å². The lowest BCUT2D eigenvalue weighted by molar-refractivity contribution is 0.193. The summed E-state index contributed by atoms with van der Waals surface area (Å²) in [7, 11) is 1.70. The molecular weight excluding hydrogens is 261 g/mol. The topological polar surface area (TPSA) is 30.5 Å². The monoisotopic (exact) mass is 277 g/mol. The highest BCUT2D eigenvalue weighted by molar-refractivity contribution is 6.34. The van der Waals surface area contributed by atoms with E-state index in [4.69, 9.17) is 32.7 Å². The van der Waals surface area contributed by atoms with Gasteiger partial charge in [0, 0.05) is 30.3 Å². The van der Waals surface area contributed by atoms with Crippen LogP contribution in [0.4, 0.5) is 0 Å². The Balaban J connectivity index is 2.13. The zero-order valence-corrected chi connectivity index (χ0v) is 11.4. The van der Waals surface area contributed by atoms with Crippen LogP contribution in [0.15, 0.2) is 18.2 Å². The van der Waals surface area contributed by atoms with Gasteiger partial charge in [0.15, 0.2) is 0 Å². The zero-order chi connectivity index (χ0) is 12.5. The Bertz CT molecular complexity index is 314. The van der Waals surface area contributed by atoms with Gasteiger partial charge < -0.3 is 14.8 Å². The minimum absolute atomic E-state index is 0.584. The molecule has 1 rings (SSSR count). The first-order valence-electron chi connectivity index (χ1n) is 5.51. The molecule has 0 spiro atoms. The van der Waals surface area contributed by atoms with Crippen LogP contribution < -0.4 is 10.1 Å². The van der Waals surface area contributed by atoms with Crippen LogP contribution in [0.3, 0.4) is 0 Å². The van der Waals surface area contributed by atoms with Crippen molar-refractivity contribution in [1.29, 1.82) is 0 Å². The third-order valence-corrected chi connectivity index (χ3v) is 2.52. The molecule has 1 aromatic rings. The summed E-state index contributed by atoms with van der Waals surface area (Å²) in [6.45, 7) is 3.07. The Kier molecular flexibility index (Phi) is 7.37. The number of hydrogen-bond acceptors (Lipinski definition) is 3. The normalized spacial score (nSPS) is 10.5. The van der Waals surface area contributed by atoms with Gasteiger partial charge in [0.25, 0.3) is 0 Å². The first kappa shape index (κ1) is 14.6. The highest BCUT2D eigenvalue weighted by Crippen LogP contribution is 2.23. The lowest BCUT2D eigenvalue weighted by Crippen LogP contribution is -2.22. The average molecular weight is 278 g/mol. The van der Waals surface area contributed by atoms with Crippen molar-refractivity contribution in [2.45, 2.75) is 6.42 Å². The SMILES string of the molecule is COCCCNCCOc1cc(Cl)cc(Cl)c1. The van der Waals surface area contributed by atoms with Gasteiger partial charge in [-0.15, -0.1) is 0 Å². The first-order chi connectivity index (χ1) is 8.22. The summed E-state index contributed by atoms with van der Waals surface area (Å²) in [5.41, 5.74) is 0. The van der Waals surface area contributed by atoms with Crippen molar-refractivity contribution < 1.29 is 9.47 Å². The molecule has 17 heavy (non-hydrogen) atoms. The van der Waals surface area contributed by atoms with Gasteiger partial charge in [0.05, 0.1) is 0 Å². The molecule has 0 aromatic heterocycles. The maximum Gasteiger partial charge on any atom is 0.122 e. The number of hydrogen-bond donors (Lipinski definition) is 1. The predicted octanol–water partition coefficient (Wildman–Crippen LogP) is 3.00. The van der Waals surface area contributed by atoms with Gasteiger partial charge in [-0.05, 0) is 31.2 Å². The second kappa shape index (κ2) is 8.59. The average Bonchev–Trinajstić information content (AvgIpc) is 2.26. The van der Waals surface area contributed by atoms with Crippen molar-refractivity contribution in [2.24, 2.45) is 0 Å². The minimum Gasteiger partial charge on any atom is -0.492 e. The number of rotatable bonds is 8. The van der Waals surface area contributed by atoms with Crippen molar-refractivity contribution in [3.63, 3.8) is 0 Å². The highest BCUT2D eigenvalue weighted by atomic mass is 35.5. The molecule has 0 radical (unpaired) electrons. The van der Waals surface area contributed by atoms with Crippen LogP contribution in [0.1, 0.15) is 6.42 Å². The molecule has 0 heterocycles. The molecule has 0 aliphatic rings. The van der Waals surface area contributed by atoms with Gasteiger partial charge in [0.1, 0.15) is 12.4 Å². The van der Waals surface area contributed by atoms with Gasteiger partial charge in [-0.1, -0.05) is 23.2 Å². The second-order valence-electron chi connectivity index (χ2n) is 3.55. The number of benzene rings is 1. The molecule has 0 fully saturated rings. The van der Waals surface area contributed by atoms with Crippen LogP contribution in [0, 0.1) is 0 Å². The number of methoxy groups -OCH3 is 1. The molecule has 0 bridgehead atoms. The molecule has 1 N–H and O–H groups in total. The standard InChI is InChI=1S/C12H17Cl2NO2/c1-16-5-2-3-15-4-6-17-12-8-10(13)7-11(14)9-12/h7-9,15H,2-6H2,1H3. The van der Waals surface area contributed by atoms with Crippen molar-refractivity contribution in [2.75, 3.05) is 33.4 Å². The summed E-state index contributed by atoms with van der Waals surface area (Å²) in [6, 6.07) is 5.18. The molecule has 0 atom stereocenters. The fraction of sp³-hybridized carbons (Fsp3) is 0.500. The molecular formula is C12H17Cl2NO2. The molecule has 0 aliphatic heterocycles. The fourth-order valence-corrected chi connectivity index (χ4v) is 1.83. The number of ether oxygens (including phenoxy) is 2. The molecule has 96 valence electrons. The van der Waals surface area contributed by atoms with Crippen LogP contribution in [0.5, 0.6) is 5.75 Å². The molecule has 0 unspecified atom stereocenters. The van der Waals surface area contributed by atoms with Gasteiger partial charge in [0.2, 0.25) is 0 Å². The van der Waals surface area contributed by atoms with Crippen LogP contribution in [-0.4, -0.2) is 33.4 Å². The lowest BCUT2D eigenvalue weighted by atomic mass is 10.3. The first-order valence-corrected chi connectivity index (χ1v) is 6.26. The van der Waals surface area contributed by atoms with Crippen LogP contribution in [0.2, 0.25) is 10.0 Å². The lowest BCUT2D eigenvalue weighted by Gasteiger charge is -2.08. The van der Waals surface area contributed by atoms with Crippen LogP contribution in [0.25, 0.3) is 0 Å². The molecule has 3 nitrogen and oxygen atoms in total. The van der Waals surface area contributed by atoms with E-state index in [9.17, 15) is 0 Å². The van der Waals surface area contributed by atoms with Gasteiger partial charge in [-0.25, -0.2) is 0 Å². The third kappa shape index (κ3) is 6.74. The predicted molar refractivity (Wildman–Crippen MR) is 71.3 cm³/mol. The molecule has 0 amide bonds. The van der Waals surface area contributed by atoms with Gasteiger partial charge in [-0.2, -0.15) is 0 Å². The Hall–Kier alpha value is -0.480. The summed E-state index contributed by atoms with van der Waals surface area (Å²) in [4.78, 5) is 0. The summed E-state index contributed by atoms with van der Waals surface area (Å²) in [6.07, 6.45) is 0.999. The van der Waals surface area contributed by atoms with Crippen molar-refractivity contribution >= 4 is 23.2 Å². The second-order valence-corrected chi connectivity index (χ2v) is 4.42. The molecule has 0 aliphatic carbocycles. The van der Waals surface area contributed by atoms with Crippen molar-refractivity contribution in [3.8, 4) is 5.75 Å². The molecule has 0 saturated heterocycles. The smallest absolute Gasteiger partial charge is 0.122 e. The van der Waals surface area contributed by atoms with E-state index in [0.29, 0.717) is 22.4 Å². The Morgan fingerprint density at radius 3 is 2.41 bits per heavy atom. The molecule has 5 heteroatoms. The maximum atomic E-state index is 5.85. The quantitative estimate of drug-likeness (QED) is 0.741. The minimum atomic E-state index is 0.584. The van der Waals surface area contributed by atoms with Crippen LogP contribution in [-0.2, 0) is 4.74 Å². The van der Waals surface area contributed by atoms with E-state index < -0.39 is 0 Å². The van der Waals surface area contributed by atoms with Gasteiger partial charge >= 0.3 is 0 Å². The van der Waals surface area contributed by atoms with E-state index in [1.165, 1.54) is 0 Å². The van der Waals surface area contributed by atoms with E-state index in [1.807, 2.05) is 0 Å². The molecule has 0 saturated carbocycles. The van der Waals surface area contributed by atoms with E-state index in [0.717, 1.165) is 26.1 Å². The maximum absolute atomic E-state index is 5.85. The largest absolute Gasteiger partial charge is 0.492 e. The Morgan fingerprint density at radius 2 is 1.76 bits per heavy atom. The Morgan fingerprint density at radius 1 is 1.06 bits per heavy atom. The summed E-state index contributed by atoms with van der Waals surface area (Å²) >= 11 is 11.7. The summed E-state index contributed by atoms with van der Waals surface area (Å²) in [5, 5.41) is 4.42.